The fourth-order valence-corrected chi connectivity index (χ4v) is 4.62. The van der Waals surface area contributed by atoms with Gasteiger partial charge in [-0.1, -0.05) is 42.5 Å². The third-order valence-electron chi connectivity index (χ3n) is 6.44. The minimum Gasteiger partial charge on any atom is -0.368 e. The number of carbonyl (C=O) groups excluding carboxylic acids is 1. The molecule has 2 amide bonds. The summed E-state index contributed by atoms with van der Waals surface area (Å²) in [6.07, 6.45) is 0. The number of urea groups is 1. The number of nitrogens with one attached hydrogen (secondary N) is 3. The summed E-state index contributed by atoms with van der Waals surface area (Å²) in [4.78, 5) is 40.3. The first-order valence-electron chi connectivity index (χ1n) is 11.6. The topological polar surface area (TPSA) is 97.1 Å². The van der Waals surface area contributed by atoms with Crippen molar-refractivity contribution in [2.24, 2.45) is 0 Å². The summed E-state index contributed by atoms with van der Waals surface area (Å²) in [5.74, 6) is 0.557. The Kier molecular flexibility index (Phi) is 5.18. The van der Waals surface area contributed by atoms with Crippen molar-refractivity contribution in [2.75, 3.05) is 36.4 Å². The molecule has 35 heavy (non-hydrogen) atoms. The number of amides is 2. The van der Waals surface area contributed by atoms with Crippen LogP contribution in [0.3, 0.4) is 0 Å². The van der Waals surface area contributed by atoms with Crippen molar-refractivity contribution in [3.05, 3.63) is 89.2 Å². The number of hydrogen-bond acceptors (Lipinski definition) is 4. The van der Waals surface area contributed by atoms with E-state index in [1.807, 2.05) is 77.7 Å². The highest BCUT2D eigenvalue weighted by atomic mass is 16.2. The van der Waals surface area contributed by atoms with E-state index in [1.165, 1.54) is 0 Å². The number of piperazine rings is 1. The van der Waals surface area contributed by atoms with Gasteiger partial charge in [0.15, 0.2) is 0 Å². The van der Waals surface area contributed by atoms with E-state index in [9.17, 15) is 9.59 Å². The number of imidazole rings is 1. The van der Waals surface area contributed by atoms with Gasteiger partial charge in [-0.25, -0.2) is 9.78 Å². The first kappa shape index (κ1) is 21.0. The number of fused-ring (bicyclic) bond motifs is 2. The fourth-order valence-electron chi connectivity index (χ4n) is 4.62. The van der Waals surface area contributed by atoms with E-state index in [-0.39, 0.29) is 11.6 Å². The van der Waals surface area contributed by atoms with Crippen molar-refractivity contribution >= 4 is 28.4 Å². The molecule has 3 heterocycles. The Bertz CT molecular complexity index is 1530. The zero-order valence-corrected chi connectivity index (χ0v) is 19.0. The minimum atomic E-state index is -0.157. The molecule has 3 aromatic rings. The third kappa shape index (κ3) is 3.99. The quantitative estimate of drug-likeness (QED) is 0.369. The van der Waals surface area contributed by atoms with E-state index >= 15 is 0 Å². The van der Waals surface area contributed by atoms with Crippen molar-refractivity contribution in [2.45, 2.75) is 0 Å². The SMILES string of the molecule is O=C(Nc1ccccc1)N1CCN(c2ccc3nc(-c4c5cccccc-5[nH]c4=O)[nH]c3c2)CC1. The van der Waals surface area contributed by atoms with Gasteiger partial charge in [-0.05, 0) is 36.4 Å². The first-order chi connectivity index (χ1) is 17.2. The number of hydrogen-bond donors (Lipinski definition) is 3. The normalized spacial score (nSPS) is 13.9. The van der Waals surface area contributed by atoms with E-state index in [1.54, 1.807) is 0 Å². The number of nitrogens with zero attached hydrogens (tertiary/aromatic N) is 3. The Balaban J connectivity index is 1.20. The molecule has 0 radical (unpaired) electrons. The zero-order chi connectivity index (χ0) is 23.8. The van der Waals surface area contributed by atoms with Gasteiger partial charge >= 0.3 is 6.03 Å². The summed E-state index contributed by atoms with van der Waals surface area (Å²) in [5.41, 5.74) is 5.54. The molecule has 8 heteroatoms. The molecule has 0 saturated carbocycles. The van der Waals surface area contributed by atoms with Crippen LogP contribution >= 0.6 is 0 Å². The van der Waals surface area contributed by atoms with Crippen LogP contribution in [0.5, 0.6) is 0 Å². The summed E-state index contributed by atoms with van der Waals surface area (Å²) in [6, 6.07) is 25.1. The number of H-pyrrole nitrogens is 2. The lowest BCUT2D eigenvalue weighted by molar-refractivity contribution is 0.208. The molecule has 0 unspecified atom stereocenters. The van der Waals surface area contributed by atoms with Gasteiger partial charge in [0.1, 0.15) is 5.82 Å². The van der Waals surface area contributed by atoms with E-state index in [0.29, 0.717) is 24.5 Å². The number of carbonyl (C=O) groups is 1. The highest BCUT2D eigenvalue weighted by molar-refractivity contribution is 5.90. The molecule has 6 rings (SSSR count). The lowest BCUT2D eigenvalue weighted by Gasteiger charge is -2.36. The standard InChI is InChI=1S/C27H24N6O2/c34-26-24(20-9-5-2-6-10-21(20)31-26)25-29-22-12-11-19(17-23(22)30-25)32-13-15-33(16-14-32)27(35)28-18-7-3-1-4-8-18/h1-12,17H,13-16H2,(H,28,35)(H,29,30)(H,31,34). The molecular weight excluding hydrogens is 440 g/mol. The third-order valence-corrected chi connectivity index (χ3v) is 6.44. The summed E-state index contributed by atoms with van der Waals surface area (Å²) >= 11 is 0. The van der Waals surface area contributed by atoms with E-state index in [0.717, 1.165) is 46.8 Å². The predicted octanol–water partition coefficient (Wildman–Crippen LogP) is 4.38. The molecule has 0 spiro atoms. The van der Waals surface area contributed by atoms with Crippen LogP contribution in [0.4, 0.5) is 16.2 Å². The summed E-state index contributed by atoms with van der Waals surface area (Å²) in [6.45, 7) is 2.74. The van der Waals surface area contributed by atoms with Crippen LogP contribution in [0.2, 0.25) is 0 Å². The van der Waals surface area contributed by atoms with Crippen LogP contribution in [0, 0.1) is 0 Å². The Morgan fingerprint density at radius 1 is 0.857 bits per heavy atom. The smallest absolute Gasteiger partial charge is 0.321 e. The summed E-state index contributed by atoms with van der Waals surface area (Å²) in [5, 5.41) is 2.95. The second-order valence-electron chi connectivity index (χ2n) is 8.62. The van der Waals surface area contributed by atoms with Crippen LogP contribution in [0.15, 0.2) is 83.7 Å². The van der Waals surface area contributed by atoms with Gasteiger partial charge in [0.05, 0.1) is 16.6 Å². The van der Waals surface area contributed by atoms with E-state index in [4.69, 9.17) is 4.98 Å². The van der Waals surface area contributed by atoms with Crippen molar-refractivity contribution in [3.8, 4) is 22.6 Å². The van der Waals surface area contributed by atoms with Gasteiger partial charge in [0.2, 0.25) is 0 Å². The molecule has 2 aliphatic heterocycles. The number of anilines is 2. The maximum Gasteiger partial charge on any atom is 0.321 e. The largest absolute Gasteiger partial charge is 0.368 e. The lowest BCUT2D eigenvalue weighted by Crippen LogP contribution is -2.50. The first-order valence-corrected chi connectivity index (χ1v) is 11.6. The lowest BCUT2D eigenvalue weighted by atomic mass is 10.1. The van der Waals surface area contributed by atoms with Gasteiger partial charge in [-0.3, -0.25) is 4.79 Å². The van der Waals surface area contributed by atoms with E-state index < -0.39 is 0 Å². The Labute approximate surface area is 201 Å². The minimum absolute atomic E-state index is 0.0786. The van der Waals surface area contributed by atoms with Gasteiger partial charge in [-0.2, -0.15) is 0 Å². The molecule has 8 nitrogen and oxygen atoms in total. The number of aromatic nitrogens is 3. The van der Waals surface area contributed by atoms with Crippen molar-refractivity contribution in [1.82, 2.24) is 19.9 Å². The van der Waals surface area contributed by atoms with Gasteiger partial charge in [0.25, 0.3) is 5.56 Å². The molecule has 2 aromatic carbocycles. The molecule has 0 atom stereocenters. The van der Waals surface area contributed by atoms with Crippen molar-refractivity contribution in [1.29, 1.82) is 0 Å². The average Bonchev–Trinajstić information content (AvgIpc) is 3.35. The average molecular weight is 465 g/mol. The fraction of sp³-hybridized carbons (Fsp3) is 0.148. The molecule has 174 valence electrons. The molecule has 1 aromatic heterocycles. The molecule has 3 N–H and O–H groups in total. The van der Waals surface area contributed by atoms with Gasteiger partial charge in [0, 0.05) is 48.8 Å². The van der Waals surface area contributed by atoms with Gasteiger partial charge < -0.3 is 25.1 Å². The van der Waals surface area contributed by atoms with Crippen LogP contribution in [-0.2, 0) is 0 Å². The number of para-hydroxylation sites is 1. The Morgan fingerprint density at radius 3 is 2.40 bits per heavy atom. The molecule has 1 aliphatic carbocycles. The maximum absolute atomic E-state index is 12.7. The summed E-state index contributed by atoms with van der Waals surface area (Å²) in [7, 11) is 0. The maximum atomic E-state index is 12.7. The number of benzene rings is 2. The number of aromatic amines is 2. The predicted molar refractivity (Wildman–Crippen MR) is 138 cm³/mol. The Morgan fingerprint density at radius 2 is 1.60 bits per heavy atom. The second-order valence-corrected chi connectivity index (χ2v) is 8.62. The van der Waals surface area contributed by atoms with Crippen LogP contribution < -0.4 is 15.8 Å². The summed E-state index contributed by atoms with van der Waals surface area (Å²) < 4.78 is 0. The van der Waals surface area contributed by atoms with Crippen molar-refractivity contribution < 1.29 is 4.79 Å². The van der Waals surface area contributed by atoms with Gasteiger partial charge in [-0.15, -0.1) is 0 Å². The zero-order valence-electron chi connectivity index (χ0n) is 19.0. The van der Waals surface area contributed by atoms with Crippen LogP contribution in [-0.4, -0.2) is 52.1 Å². The second kappa shape index (κ2) is 8.64. The Hall–Kier alpha value is -4.59. The highest BCUT2D eigenvalue weighted by Crippen LogP contribution is 2.30. The van der Waals surface area contributed by atoms with Crippen LogP contribution in [0.1, 0.15) is 0 Å². The monoisotopic (exact) mass is 464 g/mol. The molecular formula is C27H24N6O2. The van der Waals surface area contributed by atoms with E-state index in [2.05, 4.69) is 26.3 Å². The molecule has 0 bridgehead atoms. The molecule has 3 aliphatic rings. The molecule has 1 saturated heterocycles. The van der Waals surface area contributed by atoms with Crippen molar-refractivity contribution in [3.63, 3.8) is 0 Å². The van der Waals surface area contributed by atoms with Crippen LogP contribution in [0.25, 0.3) is 33.7 Å². The highest BCUT2D eigenvalue weighted by Gasteiger charge is 2.23. The molecule has 1 fully saturated rings. The number of rotatable bonds is 3.